The molecule has 0 saturated carbocycles. The second-order valence-corrected chi connectivity index (χ2v) is 20.0. The van der Waals surface area contributed by atoms with Gasteiger partial charge in [-0.1, -0.05) is 153 Å². The summed E-state index contributed by atoms with van der Waals surface area (Å²) in [5, 5.41) is 25.5. The highest BCUT2D eigenvalue weighted by molar-refractivity contribution is 6.31. The number of hydrogen-bond acceptors (Lipinski definition) is 12. The van der Waals surface area contributed by atoms with E-state index in [9.17, 15) is 0 Å². The van der Waals surface area contributed by atoms with Gasteiger partial charge in [-0.3, -0.25) is 0 Å². The number of nitrogens with zero attached hydrogens (tertiary/aromatic N) is 1. The third-order valence-electron chi connectivity index (χ3n) is 12.4. The highest BCUT2D eigenvalue weighted by Crippen LogP contribution is 2.32. The smallest absolute Gasteiger partial charge is 0.231 e. The van der Waals surface area contributed by atoms with Crippen LogP contribution in [0, 0.1) is 27.7 Å². The summed E-state index contributed by atoms with van der Waals surface area (Å²) in [5.74, 6) is 3.66. The molecule has 0 unspecified atom stereocenters. The molecule has 0 aliphatic carbocycles. The van der Waals surface area contributed by atoms with Crippen LogP contribution in [-0.4, -0.2) is 106 Å². The van der Waals surface area contributed by atoms with Gasteiger partial charge in [0.1, 0.15) is 11.6 Å². The quantitative estimate of drug-likeness (QED) is 0.0401. The van der Waals surface area contributed by atoms with Crippen LogP contribution in [0.3, 0.4) is 0 Å². The zero-order valence-corrected chi connectivity index (χ0v) is 53.6. The van der Waals surface area contributed by atoms with Gasteiger partial charge in [-0.15, -0.1) is 13.2 Å². The topological polar surface area (TPSA) is 143 Å². The van der Waals surface area contributed by atoms with E-state index < -0.39 is 0 Å². The molecule has 3 heterocycles. The number of halogens is 1. The molecule has 1 saturated heterocycles. The lowest BCUT2D eigenvalue weighted by Crippen LogP contribution is -2.34. The Bertz CT molecular complexity index is 2580. The maximum atomic E-state index is 5.92. The normalized spacial score (nSPS) is 11.2. The number of anilines is 1. The van der Waals surface area contributed by atoms with E-state index in [1.165, 1.54) is 89.0 Å². The number of methoxy groups -OCH3 is 1. The molecule has 1 fully saturated rings. The third-order valence-corrected chi connectivity index (χ3v) is 12.8. The number of hydrogen-bond donors (Lipinski definition) is 9. The molecule has 14 heteroatoms. The lowest BCUT2D eigenvalue weighted by molar-refractivity contribution is 0.174. The number of ether oxygens (including phenoxy) is 3. The molecule has 1 aromatic heterocycles. The number of benzene rings is 6. The maximum absolute atomic E-state index is 5.92. The van der Waals surface area contributed by atoms with Crippen molar-refractivity contribution in [2.45, 2.75) is 101 Å². The second kappa shape index (κ2) is 53.0. The summed E-state index contributed by atoms with van der Waals surface area (Å²) < 4.78 is 15.5. The number of fused-ring (bicyclic) bond motifs is 1. The van der Waals surface area contributed by atoms with Crippen molar-refractivity contribution in [3.8, 4) is 17.2 Å². The fourth-order valence-electron chi connectivity index (χ4n) is 7.98. The summed E-state index contributed by atoms with van der Waals surface area (Å²) in [7, 11) is 17.2. The summed E-state index contributed by atoms with van der Waals surface area (Å²) in [6.07, 6.45) is 6.13. The molecule has 85 heavy (non-hydrogen) atoms. The minimum atomic E-state index is 0. The predicted octanol–water partition coefficient (Wildman–Crippen LogP) is 13.9. The number of nitrogens with one attached hydrogen (secondary N) is 9. The van der Waals surface area contributed by atoms with Gasteiger partial charge < -0.3 is 66.6 Å². The Hall–Kier alpha value is -6.49. The van der Waals surface area contributed by atoms with Crippen LogP contribution in [0.1, 0.15) is 89.8 Å². The molecule has 472 valence electrons. The van der Waals surface area contributed by atoms with Crippen molar-refractivity contribution in [2.75, 3.05) is 102 Å². The first-order valence-electron chi connectivity index (χ1n) is 28.8. The summed E-state index contributed by atoms with van der Waals surface area (Å²) in [5.41, 5.74) is 12.8. The molecule has 6 aromatic carbocycles. The van der Waals surface area contributed by atoms with Crippen molar-refractivity contribution in [1.82, 2.24) is 47.1 Å². The fraction of sp³-hybridized carbons (Fsp3) is 0.408. The Morgan fingerprint density at radius 2 is 0.941 bits per heavy atom. The molecule has 13 nitrogen and oxygen atoms in total. The van der Waals surface area contributed by atoms with Crippen LogP contribution in [0.4, 0.5) is 5.82 Å². The minimum absolute atomic E-state index is 0. The molecular weight excluding hydrogens is 1080 g/mol. The molecule has 0 bridgehead atoms. The van der Waals surface area contributed by atoms with E-state index in [0.717, 1.165) is 79.5 Å². The van der Waals surface area contributed by atoms with Gasteiger partial charge in [0.2, 0.25) is 6.79 Å². The largest absolute Gasteiger partial charge is 0.497 e. The first-order valence-corrected chi connectivity index (χ1v) is 29.2. The Kier molecular flexibility index (Phi) is 50.3. The second-order valence-electron chi connectivity index (χ2n) is 19.6. The van der Waals surface area contributed by atoms with Gasteiger partial charge in [0.05, 0.1) is 7.11 Å². The van der Waals surface area contributed by atoms with Crippen molar-refractivity contribution in [3.63, 3.8) is 0 Å². The molecular formula is C71H113ClN10O3. The first kappa shape index (κ1) is 80.6. The van der Waals surface area contributed by atoms with Gasteiger partial charge in [-0.05, 0) is 184 Å². The van der Waals surface area contributed by atoms with E-state index in [2.05, 4.69) is 171 Å². The van der Waals surface area contributed by atoms with Crippen LogP contribution < -0.4 is 56.7 Å². The Balaban J connectivity index is 0. The highest BCUT2D eigenvalue weighted by Gasteiger charge is 2.12. The maximum Gasteiger partial charge on any atom is 0.231 e. The number of likely N-dealkylation sites (N-methyl/N-ethyl adjacent to an activating group) is 1. The fourth-order valence-corrected chi connectivity index (χ4v) is 8.18. The minimum Gasteiger partial charge on any atom is -0.497 e. The number of likely N-dealkylation sites (tertiary alicyclic amines) is 1. The SMILES string of the molecule is C.C.C=C.CNCCN1CCCCC1.CNCc1ccc(C)c(Cl)c1.CNCc1ccc(C)cc1.CNCc1ccc(C)cc1.CNCc1ccc2c(c1)OCO2.CNCc1cccc(C)c1.CNCc1cccc(OC)c1.CNc1ccc[nH]1. The van der Waals surface area contributed by atoms with E-state index >= 15 is 0 Å². The zero-order valence-electron chi connectivity index (χ0n) is 52.8. The number of aromatic amines is 1. The van der Waals surface area contributed by atoms with Crippen LogP contribution >= 0.6 is 11.6 Å². The lowest BCUT2D eigenvalue weighted by Gasteiger charge is -2.25. The highest BCUT2D eigenvalue weighted by atomic mass is 35.5. The van der Waals surface area contributed by atoms with Crippen LogP contribution in [0.5, 0.6) is 17.2 Å². The van der Waals surface area contributed by atoms with E-state index in [1.807, 2.05) is 130 Å². The summed E-state index contributed by atoms with van der Waals surface area (Å²) >= 11 is 5.92. The van der Waals surface area contributed by atoms with Gasteiger partial charge in [0.25, 0.3) is 0 Å². The van der Waals surface area contributed by atoms with Gasteiger partial charge >= 0.3 is 0 Å². The van der Waals surface area contributed by atoms with Crippen molar-refractivity contribution >= 4 is 17.4 Å². The number of aryl methyl sites for hydroxylation is 4. The molecule has 7 aromatic rings. The molecule has 0 amide bonds. The third kappa shape index (κ3) is 39.0. The number of piperidine rings is 1. The monoisotopic (exact) mass is 1190 g/mol. The molecule has 0 spiro atoms. The van der Waals surface area contributed by atoms with Gasteiger partial charge in [0.15, 0.2) is 11.5 Å². The number of aromatic nitrogens is 1. The van der Waals surface area contributed by atoms with Gasteiger partial charge in [-0.25, -0.2) is 0 Å². The van der Waals surface area contributed by atoms with E-state index in [0.29, 0.717) is 6.79 Å². The van der Waals surface area contributed by atoms with Crippen molar-refractivity contribution in [2.24, 2.45) is 0 Å². The van der Waals surface area contributed by atoms with E-state index in [4.69, 9.17) is 25.8 Å². The Morgan fingerprint density at radius 1 is 0.482 bits per heavy atom. The van der Waals surface area contributed by atoms with E-state index in [1.54, 1.807) is 7.11 Å². The van der Waals surface area contributed by atoms with Crippen molar-refractivity contribution in [1.29, 1.82) is 0 Å². The average Bonchev–Trinajstić information content (AvgIpc) is 4.30. The molecule has 2 aliphatic rings. The van der Waals surface area contributed by atoms with E-state index in [-0.39, 0.29) is 14.9 Å². The molecule has 0 radical (unpaired) electrons. The zero-order chi connectivity index (χ0) is 61.3. The number of H-pyrrole nitrogens is 1. The summed E-state index contributed by atoms with van der Waals surface area (Å²) in [6.45, 7) is 25.2. The van der Waals surface area contributed by atoms with Crippen molar-refractivity contribution in [3.05, 3.63) is 226 Å². The standard InChI is InChI=1S/C9H12ClN.C9H11NO2.C9H13NO.3C9H13N.C8H18N2.C5H8N2.C2H4.2CH4/c1-7-3-4-8(6-11-2)5-9(7)10;1-10-5-7-2-3-8-9(4-7)12-6-11-8;1-10-7-8-4-3-5-9(6-8)11-2;2*1-8-3-5-9(6-4-8)7-10-2;1-8-4-3-5-9(6-8)7-10-2;1-9-5-8-10-6-3-2-4-7-10;1-6-5-3-2-4-7-5;1-2;;/h3-5,11H,6H2,1-2H3;2-4,10H,5-6H2,1H3;3-6,10H,7H2,1-2H3;3*3-6,10H,7H2,1-2H3;9H,2-8H2,1H3;2-4,6-7H,1H3;1-2H2;2*1H4. The van der Waals surface area contributed by atoms with Crippen LogP contribution in [-0.2, 0) is 39.3 Å². The predicted molar refractivity (Wildman–Crippen MR) is 371 cm³/mol. The summed E-state index contributed by atoms with van der Waals surface area (Å²) in [6, 6.07) is 49.7. The van der Waals surface area contributed by atoms with Crippen LogP contribution in [0.25, 0.3) is 0 Å². The van der Waals surface area contributed by atoms with Gasteiger partial charge in [0, 0.05) is 70.6 Å². The summed E-state index contributed by atoms with van der Waals surface area (Å²) in [4.78, 5) is 5.52. The van der Waals surface area contributed by atoms with Crippen LogP contribution in [0.15, 0.2) is 165 Å². The molecule has 0 atom stereocenters. The van der Waals surface area contributed by atoms with Crippen molar-refractivity contribution < 1.29 is 14.2 Å². The lowest BCUT2D eigenvalue weighted by atomic mass is 10.1. The Labute approximate surface area is 521 Å². The first-order chi connectivity index (χ1) is 40.3. The molecule has 2 aliphatic heterocycles. The molecule has 9 rings (SSSR count). The number of rotatable bonds is 17. The molecule has 9 N–H and O–H groups in total. The Morgan fingerprint density at radius 3 is 1.39 bits per heavy atom. The average molecular weight is 1190 g/mol. The van der Waals surface area contributed by atoms with Crippen LogP contribution in [0.2, 0.25) is 5.02 Å². The van der Waals surface area contributed by atoms with Gasteiger partial charge in [-0.2, -0.15) is 0 Å².